The smallest absolute Gasteiger partial charge is 0.500 e. The quantitative estimate of drug-likeness (QED) is 0.165. The van der Waals surface area contributed by atoms with E-state index in [0.29, 0.717) is 28.4 Å². The summed E-state index contributed by atoms with van der Waals surface area (Å²) < 4.78 is 21.7. The van der Waals surface area contributed by atoms with Gasteiger partial charge in [0.05, 0.1) is 27.8 Å². The number of pyridine rings is 2. The maximum atomic E-state index is 6.66. The van der Waals surface area contributed by atoms with Gasteiger partial charge in [-0.05, 0) is 57.8 Å². The minimum atomic E-state index is -0.0597. The van der Waals surface area contributed by atoms with E-state index in [0.717, 1.165) is 60.8 Å². The fourth-order valence-corrected chi connectivity index (χ4v) is 6.71. The van der Waals surface area contributed by atoms with Crippen LogP contribution in [0.1, 0.15) is 52.7 Å². The maximum absolute atomic E-state index is 6.66. The molecular formula is C42H33N3O3Pt. The largest absolute Gasteiger partial charge is 2.00 e. The zero-order chi connectivity index (χ0) is 32.9. The van der Waals surface area contributed by atoms with Gasteiger partial charge in [0, 0.05) is 23.0 Å². The van der Waals surface area contributed by atoms with Crippen LogP contribution in [0.15, 0.2) is 100.0 Å². The third kappa shape index (κ3) is 4.96. The summed E-state index contributed by atoms with van der Waals surface area (Å²) in [5.41, 5.74) is 9.25. The second-order valence-electron chi connectivity index (χ2n) is 14.6. The molecule has 0 atom stereocenters. The number of benzene rings is 4. The van der Waals surface area contributed by atoms with Crippen molar-refractivity contribution in [1.29, 1.82) is 0 Å². The number of ether oxygens (including phenoxy) is 1. The minimum absolute atomic E-state index is 0. The number of furan rings is 2. The number of aromatic nitrogens is 3. The van der Waals surface area contributed by atoms with Crippen LogP contribution < -0.4 is 4.74 Å². The molecule has 0 saturated carbocycles. The Labute approximate surface area is 298 Å². The Morgan fingerprint density at radius 1 is 0.735 bits per heavy atom. The van der Waals surface area contributed by atoms with Crippen molar-refractivity contribution < 1.29 is 34.6 Å². The Bertz CT molecular complexity index is 2680. The standard InChI is InChI=1S/C42H33N3O3.Pt/c1-41(2,3)24-11-9-12-26(21-24)45-31-14-8-7-13-27(31)28-17-18-35(44-40(28)45)46-34-23-29(30-22-25(19-20-43-30)42(4,5)6)38-37-36-32(47-38)15-10-16-33(36)48-39(34)37;/h7-11,13-22H,1-6H3;/q-2;+2. The van der Waals surface area contributed by atoms with E-state index in [-0.39, 0.29) is 31.9 Å². The van der Waals surface area contributed by atoms with E-state index in [9.17, 15) is 0 Å². The van der Waals surface area contributed by atoms with Crippen molar-refractivity contribution in [3.05, 3.63) is 114 Å². The fourth-order valence-electron chi connectivity index (χ4n) is 6.71. The number of hydrogen-bond donors (Lipinski definition) is 0. The Morgan fingerprint density at radius 2 is 1.47 bits per heavy atom. The van der Waals surface area contributed by atoms with Gasteiger partial charge in [0.1, 0.15) is 16.8 Å². The van der Waals surface area contributed by atoms with E-state index in [2.05, 4.69) is 113 Å². The predicted octanol–water partition coefficient (Wildman–Crippen LogP) is 11.3. The first-order valence-corrected chi connectivity index (χ1v) is 16.2. The maximum Gasteiger partial charge on any atom is 2.00 e. The van der Waals surface area contributed by atoms with Gasteiger partial charge >= 0.3 is 21.1 Å². The van der Waals surface area contributed by atoms with Gasteiger partial charge < -0.3 is 23.1 Å². The van der Waals surface area contributed by atoms with Crippen molar-refractivity contribution in [3.63, 3.8) is 0 Å². The normalized spacial score (nSPS) is 12.5. The molecule has 7 heteroatoms. The van der Waals surface area contributed by atoms with E-state index in [4.69, 9.17) is 23.5 Å². The van der Waals surface area contributed by atoms with E-state index in [1.54, 1.807) is 0 Å². The molecule has 0 unspecified atom stereocenters. The first-order valence-electron chi connectivity index (χ1n) is 16.2. The molecule has 0 N–H and O–H groups in total. The third-order valence-corrected chi connectivity index (χ3v) is 9.27. The van der Waals surface area contributed by atoms with Crippen molar-refractivity contribution in [1.82, 2.24) is 14.5 Å². The molecule has 9 rings (SSSR count). The van der Waals surface area contributed by atoms with Gasteiger partial charge in [-0.15, -0.1) is 6.07 Å². The number of fused-ring (bicyclic) bond motifs is 3. The zero-order valence-corrected chi connectivity index (χ0v) is 30.3. The molecule has 0 aliphatic carbocycles. The molecule has 0 aliphatic rings. The van der Waals surface area contributed by atoms with Gasteiger partial charge in [0.25, 0.3) is 0 Å². The second kappa shape index (κ2) is 11.0. The van der Waals surface area contributed by atoms with Gasteiger partial charge in [-0.3, -0.25) is 0 Å². The summed E-state index contributed by atoms with van der Waals surface area (Å²) in [6.45, 7) is 13.2. The molecule has 0 bridgehead atoms. The molecule has 9 aromatic rings. The Kier molecular flexibility index (Phi) is 7.07. The number of nitrogens with zero attached hydrogens (tertiary/aromatic N) is 3. The predicted molar refractivity (Wildman–Crippen MR) is 192 cm³/mol. The van der Waals surface area contributed by atoms with Gasteiger partial charge in [-0.25, -0.2) is 0 Å². The fraction of sp³-hybridized carbons (Fsp3) is 0.190. The third-order valence-electron chi connectivity index (χ3n) is 9.27. The molecule has 0 aliphatic heterocycles. The molecule has 0 radical (unpaired) electrons. The van der Waals surface area contributed by atoms with E-state index in [1.165, 1.54) is 5.56 Å². The van der Waals surface area contributed by atoms with Gasteiger partial charge in [-0.1, -0.05) is 89.2 Å². The van der Waals surface area contributed by atoms with E-state index >= 15 is 0 Å². The van der Waals surface area contributed by atoms with Crippen molar-refractivity contribution in [2.75, 3.05) is 0 Å². The van der Waals surface area contributed by atoms with Gasteiger partial charge in [0.2, 0.25) is 5.88 Å². The van der Waals surface area contributed by atoms with Crippen LogP contribution in [0, 0.1) is 12.1 Å². The second-order valence-corrected chi connectivity index (χ2v) is 14.6. The van der Waals surface area contributed by atoms with Crippen LogP contribution in [0.4, 0.5) is 0 Å². The van der Waals surface area contributed by atoms with E-state index in [1.807, 2.05) is 36.5 Å². The molecule has 244 valence electrons. The summed E-state index contributed by atoms with van der Waals surface area (Å²) >= 11 is 0. The molecule has 0 amide bonds. The number of hydrogen-bond acceptors (Lipinski definition) is 5. The summed E-state index contributed by atoms with van der Waals surface area (Å²) in [5.74, 6) is 0.849. The average Bonchev–Trinajstić information content (AvgIpc) is 3.75. The molecule has 4 aromatic carbocycles. The SMILES string of the molecule is CC(C)(C)c1cc[c-]c(-n2c3ccccc3c3ccc(Oc4[c-]c(-c5cc(C(C)(C)C)ccn5)c5oc6cccc7oc4c5c76)nc32)c1.[Pt+2]. The molecule has 5 aromatic heterocycles. The van der Waals surface area contributed by atoms with Crippen molar-refractivity contribution in [2.24, 2.45) is 0 Å². The summed E-state index contributed by atoms with van der Waals surface area (Å²) in [6.07, 6.45) is 1.84. The topological polar surface area (TPSA) is 66.2 Å². The zero-order valence-electron chi connectivity index (χ0n) is 28.0. The van der Waals surface area contributed by atoms with Crippen LogP contribution >= 0.6 is 0 Å². The van der Waals surface area contributed by atoms with Crippen molar-refractivity contribution in [2.45, 2.75) is 52.4 Å². The summed E-state index contributed by atoms with van der Waals surface area (Å²) in [5, 5.41) is 3.92. The van der Waals surface area contributed by atoms with Gasteiger partial charge in [0.15, 0.2) is 0 Å². The summed E-state index contributed by atoms with van der Waals surface area (Å²) in [7, 11) is 0. The Hall–Kier alpha value is -4.93. The first kappa shape index (κ1) is 31.3. The summed E-state index contributed by atoms with van der Waals surface area (Å²) in [6, 6.07) is 35.6. The molecule has 49 heavy (non-hydrogen) atoms. The van der Waals surface area contributed by atoms with Crippen LogP contribution in [-0.4, -0.2) is 14.5 Å². The van der Waals surface area contributed by atoms with Crippen LogP contribution in [-0.2, 0) is 31.9 Å². The summed E-state index contributed by atoms with van der Waals surface area (Å²) in [4.78, 5) is 9.90. The molecule has 0 spiro atoms. The molecule has 6 nitrogen and oxygen atoms in total. The average molecular weight is 823 g/mol. The molecule has 5 heterocycles. The van der Waals surface area contributed by atoms with Gasteiger partial charge in [-0.2, -0.15) is 28.7 Å². The number of para-hydroxylation sites is 1. The Balaban J connectivity index is 0.00000348. The molecule has 0 fully saturated rings. The molecule has 0 saturated heterocycles. The monoisotopic (exact) mass is 822 g/mol. The first-order chi connectivity index (χ1) is 23.0. The van der Waals surface area contributed by atoms with Crippen LogP contribution in [0.3, 0.4) is 0 Å². The van der Waals surface area contributed by atoms with Crippen LogP contribution in [0.5, 0.6) is 11.6 Å². The van der Waals surface area contributed by atoms with Crippen molar-refractivity contribution in [3.8, 4) is 28.6 Å². The van der Waals surface area contributed by atoms with Crippen LogP contribution in [0.25, 0.3) is 72.0 Å². The Morgan fingerprint density at radius 3 is 2.24 bits per heavy atom. The van der Waals surface area contributed by atoms with Crippen molar-refractivity contribution >= 4 is 55.0 Å². The minimum Gasteiger partial charge on any atom is -0.500 e. The van der Waals surface area contributed by atoms with Crippen LogP contribution in [0.2, 0.25) is 0 Å². The number of rotatable bonds is 4. The van der Waals surface area contributed by atoms with E-state index < -0.39 is 0 Å². The molecular weight excluding hydrogens is 790 g/mol.